The van der Waals surface area contributed by atoms with Crippen molar-refractivity contribution in [1.29, 1.82) is 0 Å². The molecule has 0 spiro atoms. The second kappa shape index (κ2) is 13.9. The van der Waals surface area contributed by atoms with E-state index in [9.17, 15) is 4.79 Å². The summed E-state index contributed by atoms with van der Waals surface area (Å²) in [5, 5.41) is 3.98. The molecule has 0 atom stereocenters. The second-order valence-electron chi connectivity index (χ2n) is 5.96. The topological polar surface area (TPSA) is 54.4 Å². The number of amides is 1. The first-order chi connectivity index (χ1) is 11.3. The maximum Gasteiger partial charge on any atom is 0.271 e. The quantitative estimate of drug-likeness (QED) is 0.312. The molecular formula is C19H31N3O. The first-order valence-electron chi connectivity index (χ1n) is 9.06. The summed E-state index contributed by atoms with van der Waals surface area (Å²) in [6, 6.07) is 3.35. The van der Waals surface area contributed by atoms with Crippen LogP contribution in [0.3, 0.4) is 0 Å². The molecule has 0 radical (unpaired) electrons. The highest BCUT2D eigenvalue weighted by Gasteiger charge is 2.01. The van der Waals surface area contributed by atoms with E-state index in [2.05, 4.69) is 22.4 Å². The largest absolute Gasteiger partial charge is 0.271 e. The Bertz CT molecular complexity index is 432. The summed E-state index contributed by atoms with van der Waals surface area (Å²) in [5.41, 5.74) is 3.12. The van der Waals surface area contributed by atoms with Gasteiger partial charge in [0.15, 0.2) is 0 Å². The van der Waals surface area contributed by atoms with E-state index in [1.807, 2.05) is 0 Å². The minimum atomic E-state index is -0.188. The predicted molar refractivity (Wildman–Crippen MR) is 96.7 cm³/mol. The van der Waals surface area contributed by atoms with Gasteiger partial charge in [-0.25, -0.2) is 5.43 Å². The van der Waals surface area contributed by atoms with Crippen LogP contribution in [-0.2, 0) is 0 Å². The molecule has 128 valence electrons. The molecule has 0 aromatic carbocycles. The molecule has 0 bridgehead atoms. The third-order valence-corrected chi connectivity index (χ3v) is 3.89. The van der Waals surface area contributed by atoms with Gasteiger partial charge in [-0.05, 0) is 25.0 Å². The van der Waals surface area contributed by atoms with Crippen molar-refractivity contribution >= 4 is 12.1 Å². The second-order valence-corrected chi connectivity index (χ2v) is 5.96. The molecule has 23 heavy (non-hydrogen) atoms. The van der Waals surface area contributed by atoms with Gasteiger partial charge in [-0.2, -0.15) is 5.10 Å². The summed E-state index contributed by atoms with van der Waals surface area (Å²) < 4.78 is 0. The molecule has 1 heterocycles. The number of aromatic nitrogens is 1. The number of hydrogen-bond acceptors (Lipinski definition) is 3. The number of carbonyl (C=O) groups excluding carboxylic acids is 1. The van der Waals surface area contributed by atoms with Crippen LogP contribution in [0.15, 0.2) is 29.6 Å². The number of unbranched alkanes of at least 4 members (excludes halogenated alkanes) is 10. The lowest BCUT2D eigenvalue weighted by Gasteiger charge is -2.01. The van der Waals surface area contributed by atoms with Crippen LogP contribution >= 0.6 is 0 Å². The van der Waals surface area contributed by atoms with E-state index in [1.54, 1.807) is 30.7 Å². The highest BCUT2D eigenvalue weighted by Crippen LogP contribution is 2.10. The van der Waals surface area contributed by atoms with E-state index in [1.165, 1.54) is 57.8 Å². The van der Waals surface area contributed by atoms with Gasteiger partial charge < -0.3 is 0 Å². The van der Waals surface area contributed by atoms with Gasteiger partial charge >= 0.3 is 0 Å². The number of hydrogen-bond donors (Lipinski definition) is 1. The fourth-order valence-corrected chi connectivity index (χ4v) is 2.46. The highest BCUT2D eigenvalue weighted by molar-refractivity contribution is 5.94. The average molecular weight is 317 g/mol. The molecule has 0 aliphatic heterocycles. The average Bonchev–Trinajstić information content (AvgIpc) is 2.59. The van der Waals surface area contributed by atoms with Crippen molar-refractivity contribution < 1.29 is 4.79 Å². The molecule has 0 saturated carbocycles. The molecule has 0 unspecified atom stereocenters. The number of nitrogens with one attached hydrogen (secondary N) is 1. The lowest BCUT2D eigenvalue weighted by molar-refractivity contribution is 0.0955. The van der Waals surface area contributed by atoms with E-state index in [0.29, 0.717) is 5.56 Å². The monoisotopic (exact) mass is 317 g/mol. The molecule has 0 aliphatic carbocycles. The van der Waals surface area contributed by atoms with E-state index in [-0.39, 0.29) is 5.91 Å². The zero-order valence-corrected chi connectivity index (χ0v) is 14.5. The summed E-state index contributed by atoms with van der Waals surface area (Å²) in [7, 11) is 0. The fourth-order valence-electron chi connectivity index (χ4n) is 2.46. The highest BCUT2D eigenvalue weighted by atomic mass is 16.2. The summed E-state index contributed by atoms with van der Waals surface area (Å²) in [5.74, 6) is -0.188. The molecular weight excluding hydrogens is 286 g/mol. The predicted octanol–water partition coefficient (Wildman–Crippen LogP) is 5.11. The Labute approximate surface area is 140 Å². The number of hydrazone groups is 1. The van der Waals surface area contributed by atoms with E-state index in [0.717, 1.165) is 12.8 Å². The Hall–Kier alpha value is -1.71. The minimum Gasteiger partial charge on any atom is -0.267 e. The lowest BCUT2D eigenvalue weighted by Crippen LogP contribution is -2.17. The van der Waals surface area contributed by atoms with E-state index < -0.39 is 0 Å². The van der Waals surface area contributed by atoms with Gasteiger partial charge in [-0.1, -0.05) is 64.7 Å². The summed E-state index contributed by atoms with van der Waals surface area (Å²) in [6.07, 6.45) is 19.2. The van der Waals surface area contributed by atoms with Gasteiger partial charge in [0.05, 0.1) is 0 Å². The van der Waals surface area contributed by atoms with Crippen molar-refractivity contribution in [3.63, 3.8) is 0 Å². The van der Waals surface area contributed by atoms with Gasteiger partial charge in [0, 0.05) is 24.2 Å². The zero-order valence-electron chi connectivity index (χ0n) is 14.5. The molecule has 1 N–H and O–H groups in total. The Morgan fingerprint density at radius 1 is 1.00 bits per heavy atom. The van der Waals surface area contributed by atoms with Gasteiger partial charge in [0.25, 0.3) is 5.91 Å². The van der Waals surface area contributed by atoms with Gasteiger partial charge in [0.2, 0.25) is 0 Å². The van der Waals surface area contributed by atoms with Crippen molar-refractivity contribution in [2.75, 3.05) is 0 Å². The molecule has 1 aromatic heterocycles. The number of rotatable bonds is 13. The van der Waals surface area contributed by atoms with Crippen molar-refractivity contribution in [2.24, 2.45) is 5.10 Å². The van der Waals surface area contributed by atoms with E-state index in [4.69, 9.17) is 0 Å². The Balaban J connectivity index is 1.90. The fraction of sp³-hybridized carbons (Fsp3) is 0.632. The van der Waals surface area contributed by atoms with Gasteiger partial charge in [-0.15, -0.1) is 0 Å². The third-order valence-electron chi connectivity index (χ3n) is 3.89. The van der Waals surface area contributed by atoms with Crippen LogP contribution in [-0.4, -0.2) is 17.1 Å². The van der Waals surface area contributed by atoms with Gasteiger partial charge in [-0.3, -0.25) is 9.78 Å². The first kappa shape index (κ1) is 19.3. The molecule has 1 amide bonds. The maximum absolute atomic E-state index is 11.7. The zero-order chi connectivity index (χ0) is 16.6. The Morgan fingerprint density at radius 2 is 1.57 bits per heavy atom. The molecule has 4 nitrogen and oxygen atoms in total. The van der Waals surface area contributed by atoms with Crippen LogP contribution in [0.4, 0.5) is 0 Å². The van der Waals surface area contributed by atoms with Crippen LogP contribution in [0.5, 0.6) is 0 Å². The van der Waals surface area contributed by atoms with Crippen molar-refractivity contribution in [3.8, 4) is 0 Å². The molecule has 4 heteroatoms. The molecule has 0 saturated heterocycles. The molecule has 1 rings (SSSR count). The Morgan fingerprint density at radius 3 is 2.17 bits per heavy atom. The van der Waals surface area contributed by atoms with E-state index >= 15 is 0 Å². The van der Waals surface area contributed by atoms with Crippen molar-refractivity contribution in [2.45, 2.75) is 77.6 Å². The maximum atomic E-state index is 11.7. The summed E-state index contributed by atoms with van der Waals surface area (Å²) >= 11 is 0. The summed E-state index contributed by atoms with van der Waals surface area (Å²) in [6.45, 7) is 2.26. The number of nitrogens with zero attached hydrogens (tertiary/aromatic N) is 2. The van der Waals surface area contributed by atoms with Crippen molar-refractivity contribution in [1.82, 2.24) is 10.4 Å². The third kappa shape index (κ3) is 10.6. The van der Waals surface area contributed by atoms with Crippen LogP contribution in [0.2, 0.25) is 0 Å². The Kier molecular flexibility index (Phi) is 11.7. The number of carbonyl (C=O) groups is 1. The first-order valence-corrected chi connectivity index (χ1v) is 9.06. The normalized spacial score (nSPS) is 11.0. The number of pyridine rings is 1. The van der Waals surface area contributed by atoms with Crippen LogP contribution in [0, 0.1) is 0 Å². The smallest absolute Gasteiger partial charge is 0.267 e. The van der Waals surface area contributed by atoms with Crippen LogP contribution < -0.4 is 5.43 Å². The lowest BCUT2D eigenvalue weighted by atomic mass is 10.1. The minimum absolute atomic E-state index is 0.188. The van der Waals surface area contributed by atoms with Crippen LogP contribution in [0.25, 0.3) is 0 Å². The SMILES string of the molecule is CCCCCCCCCCCC/C=N\NC(=O)c1ccncc1. The molecule has 0 fully saturated rings. The molecule has 0 aliphatic rings. The standard InChI is InChI=1S/C19H31N3O/c1-2-3-4-5-6-7-8-9-10-11-12-15-21-22-19(23)18-13-16-20-17-14-18/h13-17H,2-12H2,1H3,(H,22,23)/b21-15-. The van der Waals surface area contributed by atoms with Crippen LogP contribution in [0.1, 0.15) is 87.9 Å². The summed E-state index contributed by atoms with van der Waals surface area (Å²) in [4.78, 5) is 15.6. The van der Waals surface area contributed by atoms with Gasteiger partial charge in [0.1, 0.15) is 0 Å². The van der Waals surface area contributed by atoms with Crippen molar-refractivity contribution in [3.05, 3.63) is 30.1 Å². The molecule has 1 aromatic rings.